The molecule has 0 saturated heterocycles. The Kier molecular flexibility index (Phi) is 3.36. The molecule has 6 heteroatoms. The third-order valence-electron chi connectivity index (χ3n) is 3.89. The van der Waals surface area contributed by atoms with Crippen molar-refractivity contribution >= 4 is 22.7 Å². The van der Waals surface area contributed by atoms with E-state index in [9.17, 15) is 5.11 Å². The first kappa shape index (κ1) is 14.2. The molecule has 0 bridgehead atoms. The van der Waals surface area contributed by atoms with Crippen molar-refractivity contribution in [3.8, 4) is 5.75 Å². The van der Waals surface area contributed by atoms with Gasteiger partial charge >= 0.3 is 0 Å². The number of benzene rings is 1. The Hall–Kier alpha value is -2.76. The van der Waals surface area contributed by atoms with E-state index >= 15 is 0 Å². The van der Waals surface area contributed by atoms with Gasteiger partial charge in [-0.3, -0.25) is 0 Å². The van der Waals surface area contributed by atoms with Gasteiger partial charge in [-0.05, 0) is 37.6 Å². The SMILES string of the molecule is CCn1c(C)cc2c(O)cc(Cc3cnc(N)nc3N)cc21. The number of nitrogens with two attached hydrogens (primary N) is 2. The maximum atomic E-state index is 10.3. The van der Waals surface area contributed by atoms with Crippen molar-refractivity contribution in [1.29, 1.82) is 0 Å². The molecule has 5 N–H and O–H groups in total. The van der Waals surface area contributed by atoms with E-state index < -0.39 is 0 Å². The minimum Gasteiger partial charge on any atom is -0.507 e. The summed E-state index contributed by atoms with van der Waals surface area (Å²) in [5, 5.41) is 11.1. The molecule has 0 atom stereocenters. The van der Waals surface area contributed by atoms with Crippen LogP contribution >= 0.6 is 0 Å². The second-order valence-electron chi connectivity index (χ2n) is 5.39. The smallest absolute Gasteiger partial charge is 0.221 e. The van der Waals surface area contributed by atoms with Gasteiger partial charge in [-0.25, -0.2) is 4.98 Å². The van der Waals surface area contributed by atoms with E-state index in [1.807, 2.05) is 13.0 Å². The fourth-order valence-corrected chi connectivity index (χ4v) is 2.84. The number of hydrogen-bond donors (Lipinski definition) is 3. The maximum absolute atomic E-state index is 10.3. The first-order chi connectivity index (χ1) is 10.5. The molecule has 3 aromatic rings. The van der Waals surface area contributed by atoms with Gasteiger partial charge in [0.05, 0.1) is 5.52 Å². The molecular weight excluding hydrogens is 278 g/mol. The van der Waals surface area contributed by atoms with Gasteiger partial charge in [0.25, 0.3) is 0 Å². The molecule has 0 aliphatic heterocycles. The summed E-state index contributed by atoms with van der Waals surface area (Å²) in [6, 6.07) is 5.83. The van der Waals surface area contributed by atoms with Gasteiger partial charge in [0.15, 0.2) is 0 Å². The third-order valence-corrected chi connectivity index (χ3v) is 3.89. The second kappa shape index (κ2) is 5.22. The van der Waals surface area contributed by atoms with E-state index in [1.54, 1.807) is 12.3 Å². The molecule has 0 unspecified atom stereocenters. The van der Waals surface area contributed by atoms with E-state index in [4.69, 9.17) is 11.5 Å². The summed E-state index contributed by atoms with van der Waals surface area (Å²) in [7, 11) is 0. The predicted molar refractivity (Wildman–Crippen MR) is 87.7 cm³/mol. The summed E-state index contributed by atoms with van der Waals surface area (Å²) >= 11 is 0. The zero-order chi connectivity index (χ0) is 15.9. The normalized spacial score (nSPS) is 11.2. The van der Waals surface area contributed by atoms with Gasteiger partial charge in [0.1, 0.15) is 11.6 Å². The number of phenolic OH excluding ortho intramolecular Hbond substituents is 1. The molecular formula is C16H19N5O. The lowest BCUT2D eigenvalue weighted by Gasteiger charge is -2.09. The van der Waals surface area contributed by atoms with Gasteiger partial charge in [-0.1, -0.05) is 0 Å². The van der Waals surface area contributed by atoms with E-state index in [0.717, 1.165) is 34.3 Å². The van der Waals surface area contributed by atoms with Crippen LogP contribution in [0.5, 0.6) is 5.75 Å². The van der Waals surface area contributed by atoms with E-state index in [2.05, 4.69) is 27.5 Å². The highest BCUT2D eigenvalue weighted by Crippen LogP contribution is 2.31. The van der Waals surface area contributed by atoms with Crippen molar-refractivity contribution in [2.75, 3.05) is 11.5 Å². The van der Waals surface area contributed by atoms with Crippen molar-refractivity contribution in [3.05, 3.63) is 41.2 Å². The molecule has 0 radical (unpaired) electrons. The number of anilines is 2. The van der Waals surface area contributed by atoms with Gasteiger partial charge < -0.3 is 21.1 Å². The Morgan fingerprint density at radius 1 is 1.23 bits per heavy atom. The number of phenols is 1. The molecule has 0 saturated carbocycles. The van der Waals surface area contributed by atoms with Crippen LogP contribution in [0.1, 0.15) is 23.7 Å². The topological polar surface area (TPSA) is 103 Å². The van der Waals surface area contributed by atoms with E-state index in [-0.39, 0.29) is 11.7 Å². The molecule has 2 heterocycles. The Morgan fingerprint density at radius 2 is 2.00 bits per heavy atom. The van der Waals surface area contributed by atoms with Crippen LogP contribution in [0.4, 0.5) is 11.8 Å². The number of nitrogen functional groups attached to an aromatic ring is 2. The molecule has 0 fully saturated rings. The number of nitrogens with zero attached hydrogens (tertiary/aromatic N) is 3. The Morgan fingerprint density at radius 3 is 2.68 bits per heavy atom. The highest BCUT2D eigenvalue weighted by molar-refractivity contribution is 5.88. The molecule has 0 spiro atoms. The predicted octanol–water partition coefficient (Wildman–Crippen LogP) is 2.22. The second-order valence-corrected chi connectivity index (χ2v) is 5.39. The number of aromatic hydroxyl groups is 1. The number of fused-ring (bicyclic) bond motifs is 1. The first-order valence-corrected chi connectivity index (χ1v) is 7.18. The zero-order valence-electron chi connectivity index (χ0n) is 12.7. The van der Waals surface area contributed by atoms with Crippen molar-refractivity contribution in [3.63, 3.8) is 0 Å². The minimum atomic E-state index is 0.162. The molecule has 0 amide bonds. The largest absolute Gasteiger partial charge is 0.507 e. The fourth-order valence-electron chi connectivity index (χ4n) is 2.84. The minimum absolute atomic E-state index is 0.162. The van der Waals surface area contributed by atoms with Crippen LogP contribution in [0.2, 0.25) is 0 Å². The average Bonchev–Trinajstić information content (AvgIpc) is 2.78. The summed E-state index contributed by atoms with van der Waals surface area (Å²) < 4.78 is 2.17. The lowest BCUT2D eigenvalue weighted by Crippen LogP contribution is -2.04. The zero-order valence-corrected chi connectivity index (χ0v) is 12.7. The summed E-state index contributed by atoms with van der Waals surface area (Å²) in [5.41, 5.74) is 15.3. The van der Waals surface area contributed by atoms with Crippen molar-refractivity contribution in [2.45, 2.75) is 26.8 Å². The maximum Gasteiger partial charge on any atom is 0.221 e. The Bertz CT molecular complexity index is 853. The van der Waals surface area contributed by atoms with Crippen LogP contribution in [-0.4, -0.2) is 19.6 Å². The third kappa shape index (κ3) is 2.32. The Balaban J connectivity index is 2.07. The van der Waals surface area contributed by atoms with Crippen LogP contribution in [-0.2, 0) is 13.0 Å². The lowest BCUT2D eigenvalue weighted by atomic mass is 10.0. The monoisotopic (exact) mass is 297 g/mol. The van der Waals surface area contributed by atoms with Crippen LogP contribution in [0.25, 0.3) is 10.9 Å². The fraction of sp³-hybridized carbons (Fsp3) is 0.250. The van der Waals surface area contributed by atoms with Crippen LogP contribution in [0.3, 0.4) is 0 Å². The number of hydrogen-bond acceptors (Lipinski definition) is 5. The standard InChI is InChI=1S/C16H19N5O/c1-3-21-9(2)4-12-13(21)6-10(7-14(12)22)5-11-8-19-16(18)20-15(11)17/h4,6-8,22H,3,5H2,1-2H3,(H4,17,18,19,20). The number of aryl methyl sites for hydroxylation is 2. The summed E-state index contributed by atoms with van der Waals surface area (Å²) in [4.78, 5) is 7.95. The average molecular weight is 297 g/mol. The molecule has 0 aliphatic carbocycles. The van der Waals surface area contributed by atoms with Crippen molar-refractivity contribution in [1.82, 2.24) is 14.5 Å². The number of rotatable bonds is 3. The molecule has 2 aromatic heterocycles. The summed E-state index contributed by atoms with van der Waals surface area (Å²) in [6.07, 6.45) is 2.17. The van der Waals surface area contributed by atoms with E-state index in [0.29, 0.717) is 12.2 Å². The van der Waals surface area contributed by atoms with Crippen LogP contribution < -0.4 is 11.5 Å². The van der Waals surface area contributed by atoms with Gasteiger partial charge in [0, 0.05) is 35.8 Å². The molecule has 0 aliphatic rings. The van der Waals surface area contributed by atoms with Gasteiger partial charge in [-0.2, -0.15) is 4.98 Å². The van der Waals surface area contributed by atoms with E-state index in [1.165, 1.54) is 0 Å². The van der Waals surface area contributed by atoms with Crippen LogP contribution in [0, 0.1) is 6.92 Å². The quantitative estimate of drug-likeness (QED) is 0.688. The molecule has 22 heavy (non-hydrogen) atoms. The lowest BCUT2D eigenvalue weighted by molar-refractivity contribution is 0.481. The van der Waals surface area contributed by atoms with Crippen molar-refractivity contribution in [2.24, 2.45) is 0 Å². The molecule has 114 valence electrons. The van der Waals surface area contributed by atoms with Gasteiger partial charge in [-0.15, -0.1) is 0 Å². The molecule has 6 nitrogen and oxygen atoms in total. The van der Waals surface area contributed by atoms with Crippen LogP contribution in [0.15, 0.2) is 24.4 Å². The summed E-state index contributed by atoms with van der Waals surface area (Å²) in [5.74, 6) is 0.807. The van der Waals surface area contributed by atoms with Crippen molar-refractivity contribution < 1.29 is 5.11 Å². The number of aromatic nitrogens is 3. The Labute approximate surface area is 128 Å². The highest BCUT2D eigenvalue weighted by Gasteiger charge is 2.11. The molecule has 3 rings (SSSR count). The highest BCUT2D eigenvalue weighted by atomic mass is 16.3. The first-order valence-electron chi connectivity index (χ1n) is 7.18. The van der Waals surface area contributed by atoms with Gasteiger partial charge in [0.2, 0.25) is 5.95 Å². The summed E-state index contributed by atoms with van der Waals surface area (Å²) in [6.45, 7) is 4.97. The molecule has 1 aromatic carbocycles.